The Labute approximate surface area is 149 Å². The SMILES string of the molecule is CCN(C(=O)C1CN(Cc2ccccc2)CCO1)C1CCS(=O)(=O)C1. The monoisotopic (exact) mass is 366 g/mol. The van der Waals surface area contributed by atoms with Gasteiger partial charge in [-0.2, -0.15) is 0 Å². The Morgan fingerprint density at radius 2 is 2.08 bits per heavy atom. The number of morpholine rings is 1. The molecule has 6 nitrogen and oxygen atoms in total. The summed E-state index contributed by atoms with van der Waals surface area (Å²) < 4.78 is 29.2. The van der Waals surface area contributed by atoms with Gasteiger partial charge in [-0.1, -0.05) is 30.3 Å². The Balaban J connectivity index is 1.62. The van der Waals surface area contributed by atoms with Crippen molar-refractivity contribution in [2.75, 3.05) is 37.7 Å². The maximum absolute atomic E-state index is 12.9. The molecule has 2 unspecified atom stereocenters. The van der Waals surface area contributed by atoms with Crippen molar-refractivity contribution in [3.8, 4) is 0 Å². The molecule has 1 amide bonds. The maximum atomic E-state index is 12.9. The molecule has 7 heteroatoms. The largest absolute Gasteiger partial charge is 0.366 e. The van der Waals surface area contributed by atoms with E-state index in [2.05, 4.69) is 17.0 Å². The van der Waals surface area contributed by atoms with Crippen molar-refractivity contribution in [1.29, 1.82) is 0 Å². The highest BCUT2D eigenvalue weighted by atomic mass is 32.2. The molecule has 25 heavy (non-hydrogen) atoms. The van der Waals surface area contributed by atoms with E-state index in [0.717, 1.165) is 13.1 Å². The van der Waals surface area contributed by atoms with Crippen LogP contribution in [0.1, 0.15) is 18.9 Å². The zero-order chi connectivity index (χ0) is 17.9. The molecular formula is C18H26N2O4S. The Bertz CT molecular complexity index is 692. The first-order valence-electron chi connectivity index (χ1n) is 8.87. The molecule has 0 radical (unpaired) electrons. The summed E-state index contributed by atoms with van der Waals surface area (Å²) in [5.74, 6) is 0.169. The lowest BCUT2D eigenvalue weighted by atomic mass is 10.1. The third kappa shape index (κ3) is 4.59. The summed E-state index contributed by atoms with van der Waals surface area (Å²) in [5.41, 5.74) is 1.21. The minimum absolute atomic E-state index is 0.0764. The molecule has 0 aromatic heterocycles. The fourth-order valence-electron chi connectivity index (χ4n) is 3.64. The Morgan fingerprint density at radius 1 is 1.32 bits per heavy atom. The summed E-state index contributed by atoms with van der Waals surface area (Å²) >= 11 is 0. The minimum atomic E-state index is -3.01. The summed E-state index contributed by atoms with van der Waals surface area (Å²) in [4.78, 5) is 16.8. The average molecular weight is 366 g/mol. The summed E-state index contributed by atoms with van der Waals surface area (Å²) in [7, 11) is -3.01. The first kappa shape index (κ1) is 18.4. The van der Waals surface area contributed by atoms with Crippen LogP contribution in [0, 0.1) is 0 Å². The van der Waals surface area contributed by atoms with Gasteiger partial charge in [0.15, 0.2) is 9.84 Å². The number of rotatable bonds is 5. The normalized spacial score (nSPS) is 26.4. The topological polar surface area (TPSA) is 66.9 Å². The standard InChI is InChI=1S/C18H26N2O4S/c1-2-20(16-8-11-25(22,23)14-16)18(21)17-13-19(9-10-24-17)12-15-6-4-3-5-7-15/h3-7,16-17H,2,8-14H2,1H3. The number of carbonyl (C=O) groups is 1. The first-order valence-corrected chi connectivity index (χ1v) is 10.7. The van der Waals surface area contributed by atoms with Gasteiger partial charge in [-0.05, 0) is 18.9 Å². The van der Waals surface area contributed by atoms with Crippen LogP contribution in [0.15, 0.2) is 30.3 Å². The second-order valence-electron chi connectivity index (χ2n) is 6.76. The molecule has 2 fully saturated rings. The molecule has 2 heterocycles. The van der Waals surface area contributed by atoms with Crippen LogP contribution in [0.25, 0.3) is 0 Å². The quantitative estimate of drug-likeness (QED) is 0.775. The molecule has 1 aromatic rings. The molecule has 2 saturated heterocycles. The number of hydrogen-bond acceptors (Lipinski definition) is 5. The van der Waals surface area contributed by atoms with Crippen LogP contribution in [0.2, 0.25) is 0 Å². The summed E-state index contributed by atoms with van der Waals surface area (Å²) in [6, 6.07) is 9.96. The van der Waals surface area contributed by atoms with E-state index in [4.69, 9.17) is 4.74 Å². The van der Waals surface area contributed by atoms with E-state index in [0.29, 0.717) is 26.1 Å². The smallest absolute Gasteiger partial charge is 0.253 e. The highest BCUT2D eigenvalue weighted by Crippen LogP contribution is 2.20. The molecular weight excluding hydrogens is 340 g/mol. The van der Waals surface area contributed by atoms with E-state index in [9.17, 15) is 13.2 Å². The summed E-state index contributed by atoms with van der Waals surface area (Å²) in [6.07, 6.45) is 0.0169. The predicted octanol–water partition coefficient (Wildman–Crippen LogP) is 0.923. The van der Waals surface area contributed by atoms with Crippen molar-refractivity contribution < 1.29 is 17.9 Å². The molecule has 3 rings (SSSR count). The lowest BCUT2D eigenvalue weighted by molar-refractivity contribution is -0.151. The third-order valence-electron chi connectivity index (χ3n) is 4.95. The van der Waals surface area contributed by atoms with E-state index in [1.807, 2.05) is 25.1 Å². The maximum Gasteiger partial charge on any atom is 0.253 e. The lowest BCUT2D eigenvalue weighted by Gasteiger charge is -2.36. The molecule has 0 bridgehead atoms. The Kier molecular flexibility index (Phi) is 5.76. The summed E-state index contributed by atoms with van der Waals surface area (Å²) in [5, 5.41) is 0. The van der Waals surface area contributed by atoms with Crippen molar-refractivity contribution in [3.05, 3.63) is 35.9 Å². The van der Waals surface area contributed by atoms with Gasteiger partial charge >= 0.3 is 0 Å². The Morgan fingerprint density at radius 3 is 2.72 bits per heavy atom. The molecule has 2 atom stereocenters. The van der Waals surface area contributed by atoms with E-state index >= 15 is 0 Å². The van der Waals surface area contributed by atoms with Gasteiger partial charge in [-0.25, -0.2) is 8.42 Å². The third-order valence-corrected chi connectivity index (χ3v) is 6.70. The van der Waals surface area contributed by atoms with Gasteiger partial charge in [0.25, 0.3) is 5.91 Å². The number of ether oxygens (including phenoxy) is 1. The van der Waals surface area contributed by atoms with Crippen LogP contribution < -0.4 is 0 Å². The van der Waals surface area contributed by atoms with Crippen LogP contribution >= 0.6 is 0 Å². The van der Waals surface area contributed by atoms with E-state index in [1.165, 1.54) is 5.56 Å². The number of amides is 1. The van der Waals surface area contributed by atoms with Gasteiger partial charge in [-0.3, -0.25) is 9.69 Å². The number of carbonyl (C=O) groups excluding carboxylic acids is 1. The van der Waals surface area contributed by atoms with Gasteiger partial charge in [0, 0.05) is 32.2 Å². The second kappa shape index (κ2) is 7.85. The van der Waals surface area contributed by atoms with Crippen molar-refractivity contribution in [3.63, 3.8) is 0 Å². The predicted molar refractivity (Wildman–Crippen MR) is 95.9 cm³/mol. The number of hydrogen-bond donors (Lipinski definition) is 0. The van der Waals surface area contributed by atoms with Gasteiger partial charge in [-0.15, -0.1) is 0 Å². The average Bonchev–Trinajstić information content (AvgIpc) is 2.96. The van der Waals surface area contributed by atoms with Crippen LogP contribution in [-0.2, 0) is 25.9 Å². The van der Waals surface area contributed by atoms with E-state index in [1.54, 1.807) is 4.90 Å². The number of benzene rings is 1. The van der Waals surface area contributed by atoms with Crippen LogP contribution in [0.5, 0.6) is 0 Å². The van der Waals surface area contributed by atoms with Crippen LogP contribution in [0.3, 0.4) is 0 Å². The van der Waals surface area contributed by atoms with Gasteiger partial charge in [0.1, 0.15) is 6.10 Å². The number of likely N-dealkylation sites (N-methyl/N-ethyl adjacent to an activating group) is 1. The van der Waals surface area contributed by atoms with Crippen LogP contribution in [-0.4, -0.2) is 74.0 Å². The van der Waals surface area contributed by atoms with Crippen molar-refractivity contribution in [1.82, 2.24) is 9.80 Å². The summed E-state index contributed by atoms with van der Waals surface area (Å²) in [6.45, 7) is 5.05. The molecule has 0 saturated carbocycles. The van der Waals surface area contributed by atoms with Crippen molar-refractivity contribution in [2.24, 2.45) is 0 Å². The van der Waals surface area contributed by atoms with E-state index < -0.39 is 15.9 Å². The molecule has 2 aliphatic rings. The highest BCUT2D eigenvalue weighted by Gasteiger charge is 2.37. The zero-order valence-electron chi connectivity index (χ0n) is 14.6. The van der Waals surface area contributed by atoms with Crippen molar-refractivity contribution in [2.45, 2.75) is 32.0 Å². The molecule has 138 valence electrons. The number of nitrogens with zero attached hydrogens (tertiary/aromatic N) is 2. The lowest BCUT2D eigenvalue weighted by Crippen LogP contribution is -2.53. The zero-order valence-corrected chi connectivity index (χ0v) is 15.5. The second-order valence-corrected chi connectivity index (χ2v) is 8.99. The van der Waals surface area contributed by atoms with Gasteiger partial charge < -0.3 is 9.64 Å². The van der Waals surface area contributed by atoms with Crippen molar-refractivity contribution >= 4 is 15.7 Å². The Hall–Kier alpha value is -1.44. The fourth-order valence-corrected chi connectivity index (χ4v) is 5.37. The van der Waals surface area contributed by atoms with Gasteiger partial charge in [0.2, 0.25) is 0 Å². The molecule has 1 aromatic carbocycles. The number of sulfone groups is 1. The fraction of sp³-hybridized carbons (Fsp3) is 0.611. The first-order chi connectivity index (χ1) is 12.0. The minimum Gasteiger partial charge on any atom is -0.366 e. The van der Waals surface area contributed by atoms with E-state index in [-0.39, 0.29) is 23.5 Å². The molecule has 2 aliphatic heterocycles. The molecule has 0 aliphatic carbocycles. The molecule has 0 spiro atoms. The van der Waals surface area contributed by atoms with Gasteiger partial charge in [0.05, 0.1) is 18.1 Å². The highest BCUT2D eigenvalue weighted by molar-refractivity contribution is 7.91. The van der Waals surface area contributed by atoms with Crippen LogP contribution in [0.4, 0.5) is 0 Å². The molecule has 0 N–H and O–H groups in total.